The molecular formula is C22H23FN7O9P. The number of anilines is 1. The quantitative estimate of drug-likeness (QED) is 0.0861. The van der Waals surface area contributed by atoms with Crippen molar-refractivity contribution in [2.24, 2.45) is 0 Å². The molecule has 0 amide bonds. The highest BCUT2D eigenvalue weighted by Crippen LogP contribution is 2.46. The standard InChI is InChI=1S/C22H23FN7O9P/c23-22-27-19(24)16-20(28-22)29(11-25-16)21-18(32)17(31)14(39-21)10-37-40(35,26-8-12-4-2-1-3-5-12)36-9-13-6-7-15(38-13)30(33)34/h1-7,11,14,17-18,21,31-32H,8-10H2,(H,26,35)(H2,24,27,28)/t14-,17?,18?,21-,40?/m1/s1. The van der Waals surface area contributed by atoms with Gasteiger partial charge in [-0.2, -0.15) is 14.4 Å². The second-order valence-corrected chi connectivity index (χ2v) is 10.5. The molecule has 0 bridgehead atoms. The van der Waals surface area contributed by atoms with Crippen molar-refractivity contribution in [1.29, 1.82) is 0 Å². The van der Waals surface area contributed by atoms with Crippen molar-refractivity contribution in [3.8, 4) is 0 Å². The lowest BCUT2D eigenvalue weighted by Crippen LogP contribution is -2.34. The molecule has 5 rings (SSSR count). The summed E-state index contributed by atoms with van der Waals surface area (Å²) in [5.74, 6) is -0.725. The van der Waals surface area contributed by atoms with Crippen LogP contribution in [0.15, 0.2) is 53.2 Å². The molecule has 0 radical (unpaired) electrons. The van der Waals surface area contributed by atoms with Crippen LogP contribution in [0.5, 0.6) is 0 Å². The number of fused-ring (bicyclic) bond motifs is 1. The van der Waals surface area contributed by atoms with Crippen LogP contribution in [0.2, 0.25) is 0 Å². The Morgan fingerprint density at radius 1 is 1.18 bits per heavy atom. The third-order valence-corrected chi connectivity index (χ3v) is 7.47. The number of nitrogens with two attached hydrogens (primary N) is 1. The number of nitrogens with one attached hydrogen (secondary N) is 1. The zero-order valence-corrected chi connectivity index (χ0v) is 21.3. The van der Waals surface area contributed by atoms with Gasteiger partial charge < -0.3 is 25.1 Å². The number of hydrogen-bond donors (Lipinski definition) is 4. The highest BCUT2D eigenvalue weighted by atomic mass is 31.2. The van der Waals surface area contributed by atoms with Gasteiger partial charge in [-0.25, -0.2) is 14.6 Å². The number of imidazole rings is 1. The fraction of sp³-hybridized carbons (Fsp3) is 0.318. The molecule has 1 saturated heterocycles. The fourth-order valence-corrected chi connectivity index (χ4v) is 5.24. The maximum absolute atomic E-state index is 13.8. The SMILES string of the molecule is Nc1nc(F)nc2c1ncn2[C@@H]1O[C@H](COP(=O)(NCc2ccccc2)OCc2ccc([N+](=O)[O-])o2)C(O)C1O. The molecule has 0 saturated carbocycles. The highest BCUT2D eigenvalue weighted by Gasteiger charge is 2.45. The van der Waals surface area contributed by atoms with E-state index in [-0.39, 0.29) is 29.3 Å². The lowest BCUT2D eigenvalue weighted by Gasteiger charge is -2.22. The minimum absolute atomic E-state index is 0.0187. The first-order valence-electron chi connectivity index (χ1n) is 11.7. The Balaban J connectivity index is 1.30. The average molecular weight is 579 g/mol. The minimum atomic E-state index is -4.15. The Labute approximate surface area is 224 Å². The molecule has 1 aliphatic rings. The first-order chi connectivity index (χ1) is 19.1. The van der Waals surface area contributed by atoms with Gasteiger partial charge in [-0.15, -0.1) is 0 Å². The summed E-state index contributed by atoms with van der Waals surface area (Å²) in [5, 5.41) is 34.8. The molecular weight excluding hydrogens is 556 g/mol. The number of halogens is 1. The van der Waals surface area contributed by atoms with Crippen LogP contribution >= 0.6 is 7.75 Å². The third kappa shape index (κ3) is 5.85. The molecule has 3 unspecified atom stereocenters. The number of aliphatic hydroxyl groups is 2. The van der Waals surface area contributed by atoms with Gasteiger partial charge in [0.2, 0.25) is 0 Å². The summed E-state index contributed by atoms with van der Waals surface area (Å²) < 4.78 is 50.3. The Morgan fingerprint density at radius 2 is 1.95 bits per heavy atom. The second-order valence-electron chi connectivity index (χ2n) is 8.63. The highest BCUT2D eigenvalue weighted by molar-refractivity contribution is 7.51. The third-order valence-electron chi connectivity index (χ3n) is 5.97. The van der Waals surface area contributed by atoms with Gasteiger partial charge in [-0.3, -0.25) is 23.7 Å². The van der Waals surface area contributed by atoms with Crippen LogP contribution in [-0.2, 0) is 31.5 Å². The van der Waals surface area contributed by atoms with Crippen molar-refractivity contribution in [2.45, 2.75) is 37.7 Å². The number of ether oxygens (including phenoxy) is 1. The van der Waals surface area contributed by atoms with E-state index in [0.717, 1.165) is 11.6 Å². The van der Waals surface area contributed by atoms with Crippen molar-refractivity contribution >= 4 is 30.6 Å². The van der Waals surface area contributed by atoms with Crippen LogP contribution in [-0.4, -0.2) is 59.6 Å². The summed E-state index contributed by atoms with van der Waals surface area (Å²) in [4.78, 5) is 21.2. The van der Waals surface area contributed by atoms with Crippen LogP contribution in [0.1, 0.15) is 17.6 Å². The number of benzene rings is 1. The van der Waals surface area contributed by atoms with Gasteiger partial charge in [-0.1, -0.05) is 30.3 Å². The monoisotopic (exact) mass is 579 g/mol. The van der Waals surface area contributed by atoms with Crippen LogP contribution in [0.3, 0.4) is 0 Å². The summed E-state index contributed by atoms with van der Waals surface area (Å²) in [6.45, 7) is -0.909. The molecule has 1 fully saturated rings. The molecule has 40 heavy (non-hydrogen) atoms. The van der Waals surface area contributed by atoms with Crippen molar-refractivity contribution < 1.29 is 42.3 Å². The normalized spacial score (nSPS) is 22.5. The molecule has 16 nitrogen and oxygen atoms in total. The van der Waals surface area contributed by atoms with E-state index in [9.17, 15) is 29.3 Å². The minimum Gasteiger partial charge on any atom is -0.403 e. The predicted octanol–water partition coefficient (Wildman–Crippen LogP) is 1.80. The second kappa shape index (κ2) is 11.3. The first-order valence-corrected chi connectivity index (χ1v) is 13.3. The van der Waals surface area contributed by atoms with E-state index in [1.165, 1.54) is 17.0 Å². The van der Waals surface area contributed by atoms with Gasteiger partial charge in [0.1, 0.15) is 35.6 Å². The Morgan fingerprint density at radius 3 is 2.67 bits per heavy atom. The largest absolute Gasteiger partial charge is 0.433 e. The average Bonchev–Trinajstić information content (AvgIpc) is 3.65. The molecule has 0 spiro atoms. The number of aromatic nitrogens is 4. The van der Waals surface area contributed by atoms with Gasteiger partial charge in [0.25, 0.3) is 0 Å². The first kappa shape index (κ1) is 27.7. The van der Waals surface area contributed by atoms with E-state index in [4.69, 9.17) is 23.9 Å². The van der Waals surface area contributed by atoms with E-state index in [1.807, 2.05) is 0 Å². The number of nitro groups is 1. The molecule has 4 aromatic rings. The lowest BCUT2D eigenvalue weighted by atomic mass is 10.1. The number of aliphatic hydroxyl groups excluding tert-OH is 2. The molecule has 0 aliphatic carbocycles. The van der Waals surface area contributed by atoms with E-state index in [2.05, 4.69) is 20.0 Å². The summed E-state index contributed by atoms with van der Waals surface area (Å²) in [6.07, 6.45) is -5.49. The number of rotatable bonds is 11. The molecule has 18 heteroatoms. The van der Waals surface area contributed by atoms with Crippen molar-refractivity contribution in [2.75, 3.05) is 12.3 Å². The van der Waals surface area contributed by atoms with E-state index in [0.29, 0.717) is 0 Å². The number of nitrogens with zero attached hydrogens (tertiary/aromatic N) is 5. The van der Waals surface area contributed by atoms with Crippen LogP contribution in [0.25, 0.3) is 11.2 Å². The van der Waals surface area contributed by atoms with E-state index < -0.39 is 62.4 Å². The Bertz CT molecular complexity index is 1550. The topological polar surface area (TPSA) is 223 Å². The summed E-state index contributed by atoms with van der Waals surface area (Å²) in [7, 11) is -4.15. The molecule has 1 aromatic carbocycles. The molecule has 212 valence electrons. The zero-order valence-electron chi connectivity index (χ0n) is 20.4. The van der Waals surface area contributed by atoms with Crippen molar-refractivity contribution in [1.82, 2.24) is 24.6 Å². The number of furan rings is 1. The zero-order chi connectivity index (χ0) is 28.4. The van der Waals surface area contributed by atoms with Crippen molar-refractivity contribution in [3.63, 3.8) is 0 Å². The van der Waals surface area contributed by atoms with Gasteiger partial charge >= 0.3 is 19.7 Å². The van der Waals surface area contributed by atoms with Crippen LogP contribution in [0.4, 0.5) is 16.1 Å². The van der Waals surface area contributed by atoms with Gasteiger partial charge in [-0.05, 0) is 11.6 Å². The molecule has 5 N–H and O–H groups in total. The summed E-state index contributed by atoms with van der Waals surface area (Å²) in [6, 6.07) is 11.3. The molecule has 3 aromatic heterocycles. The predicted molar refractivity (Wildman–Crippen MR) is 133 cm³/mol. The maximum Gasteiger partial charge on any atom is 0.433 e. The maximum atomic E-state index is 13.8. The smallest absolute Gasteiger partial charge is 0.403 e. The molecule has 4 heterocycles. The molecule has 5 atom stereocenters. The van der Waals surface area contributed by atoms with Crippen LogP contribution < -0.4 is 10.8 Å². The Hall–Kier alpha value is -3.83. The Kier molecular flexibility index (Phi) is 7.86. The number of hydrogen-bond acceptors (Lipinski definition) is 13. The van der Waals surface area contributed by atoms with Gasteiger partial charge in [0.15, 0.2) is 23.2 Å². The van der Waals surface area contributed by atoms with Crippen molar-refractivity contribution in [3.05, 3.63) is 76.3 Å². The fourth-order valence-electron chi connectivity index (χ4n) is 3.97. The number of nitrogen functional groups attached to an aromatic ring is 1. The lowest BCUT2D eigenvalue weighted by molar-refractivity contribution is -0.402. The van der Waals surface area contributed by atoms with E-state index >= 15 is 0 Å². The van der Waals surface area contributed by atoms with E-state index in [1.54, 1.807) is 30.3 Å². The van der Waals surface area contributed by atoms with Gasteiger partial charge in [0, 0.05) is 6.54 Å². The van der Waals surface area contributed by atoms with Crippen LogP contribution in [0, 0.1) is 16.2 Å². The molecule has 1 aliphatic heterocycles. The summed E-state index contributed by atoms with van der Waals surface area (Å²) in [5.41, 5.74) is 6.41. The summed E-state index contributed by atoms with van der Waals surface area (Å²) >= 11 is 0. The van der Waals surface area contributed by atoms with Gasteiger partial charge in [0.05, 0.1) is 19.0 Å².